The summed E-state index contributed by atoms with van der Waals surface area (Å²) in [6, 6.07) is 6.86. The molecule has 3 rings (SSSR count). The molecule has 106 valence electrons. The minimum Gasteiger partial charge on any atom is -0.374 e. The summed E-state index contributed by atoms with van der Waals surface area (Å²) in [5.74, 6) is 0. The summed E-state index contributed by atoms with van der Waals surface area (Å²) in [5, 5.41) is 3.50. The number of benzene rings is 1. The molecule has 0 radical (unpaired) electrons. The number of rotatable bonds is 5. The van der Waals surface area contributed by atoms with Crippen molar-refractivity contribution in [2.45, 2.75) is 25.8 Å². The second-order valence-electron chi connectivity index (χ2n) is 5.49. The van der Waals surface area contributed by atoms with Crippen molar-refractivity contribution >= 4 is 5.69 Å². The predicted octanol–water partition coefficient (Wildman–Crippen LogP) is 2.12. The molecule has 1 aliphatic rings. The van der Waals surface area contributed by atoms with Gasteiger partial charge in [0, 0.05) is 50.7 Å². The van der Waals surface area contributed by atoms with E-state index in [0.717, 1.165) is 19.5 Å². The van der Waals surface area contributed by atoms with Gasteiger partial charge in [0.05, 0.1) is 6.33 Å². The maximum absolute atomic E-state index is 4.03. The van der Waals surface area contributed by atoms with Crippen molar-refractivity contribution in [1.29, 1.82) is 0 Å². The van der Waals surface area contributed by atoms with Gasteiger partial charge in [-0.05, 0) is 30.0 Å². The van der Waals surface area contributed by atoms with Gasteiger partial charge in [-0.2, -0.15) is 0 Å². The Kier molecular flexibility index (Phi) is 4.02. The van der Waals surface area contributed by atoms with E-state index in [1.165, 1.54) is 41.9 Å². The molecule has 1 aromatic carbocycles. The Morgan fingerprint density at radius 3 is 3.20 bits per heavy atom. The molecule has 0 saturated carbocycles. The highest BCUT2D eigenvalue weighted by Crippen LogP contribution is 2.26. The van der Waals surface area contributed by atoms with Gasteiger partial charge in [0.15, 0.2) is 0 Å². The van der Waals surface area contributed by atoms with Gasteiger partial charge in [-0.3, -0.25) is 0 Å². The Morgan fingerprint density at radius 2 is 2.35 bits per heavy atom. The number of H-pyrrole nitrogens is 1. The Balaban J connectivity index is 1.53. The van der Waals surface area contributed by atoms with Crippen LogP contribution in [0.25, 0.3) is 0 Å². The summed E-state index contributed by atoms with van der Waals surface area (Å²) in [6.07, 6.45) is 7.08. The largest absolute Gasteiger partial charge is 0.374 e. The first-order valence-electron chi connectivity index (χ1n) is 7.34. The van der Waals surface area contributed by atoms with E-state index in [-0.39, 0.29) is 0 Å². The molecule has 0 spiro atoms. The molecule has 2 N–H and O–H groups in total. The third-order valence-corrected chi connectivity index (χ3v) is 3.95. The number of nitrogens with one attached hydrogen (secondary N) is 2. The van der Waals surface area contributed by atoms with Crippen LogP contribution in [0.3, 0.4) is 0 Å². The molecule has 4 nitrogen and oxygen atoms in total. The number of hydrogen-bond acceptors (Lipinski definition) is 3. The Labute approximate surface area is 120 Å². The SMILES string of the molecule is CN1CCCc2cc(CNCCc3cnc[nH]3)ccc21. The maximum atomic E-state index is 4.03. The molecule has 2 heterocycles. The molecule has 2 aromatic rings. The Hall–Kier alpha value is -1.81. The van der Waals surface area contributed by atoms with E-state index < -0.39 is 0 Å². The van der Waals surface area contributed by atoms with Gasteiger partial charge in [-0.1, -0.05) is 12.1 Å². The maximum Gasteiger partial charge on any atom is 0.0921 e. The van der Waals surface area contributed by atoms with Crippen LogP contribution in [0.1, 0.15) is 23.2 Å². The Morgan fingerprint density at radius 1 is 1.40 bits per heavy atom. The lowest BCUT2D eigenvalue weighted by Crippen LogP contribution is -2.25. The summed E-state index contributed by atoms with van der Waals surface area (Å²) in [5.41, 5.74) is 5.46. The van der Waals surface area contributed by atoms with Crippen LogP contribution < -0.4 is 10.2 Å². The van der Waals surface area contributed by atoms with E-state index in [4.69, 9.17) is 0 Å². The standard InChI is InChI=1S/C16H22N4/c1-20-8-2-3-14-9-13(4-5-16(14)20)10-17-7-6-15-11-18-12-19-15/h4-5,9,11-12,17H,2-3,6-8,10H2,1H3,(H,18,19). The minimum atomic E-state index is 0.936. The highest BCUT2D eigenvalue weighted by Gasteiger charge is 2.13. The molecule has 1 aliphatic heterocycles. The normalized spacial score (nSPS) is 14.3. The zero-order chi connectivity index (χ0) is 13.8. The van der Waals surface area contributed by atoms with E-state index in [1.807, 2.05) is 6.20 Å². The smallest absolute Gasteiger partial charge is 0.0921 e. The fraction of sp³-hybridized carbons (Fsp3) is 0.438. The molecule has 0 amide bonds. The van der Waals surface area contributed by atoms with E-state index >= 15 is 0 Å². The highest BCUT2D eigenvalue weighted by atomic mass is 15.1. The van der Waals surface area contributed by atoms with Crippen LogP contribution in [-0.4, -0.2) is 30.1 Å². The van der Waals surface area contributed by atoms with Crippen molar-refractivity contribution in [3.63, 3.8) is 0 Å². The second kappa shape index (κ2) is 6.09. The van der Waals surface area contributed by atoms with Crippen molar-refractivity contribution < 1.29 is 0 Å². The Bertz CT molecular complexity index is 548. The number of anilines is 1. The predicted molar refractivity (Wildman–Crippen MR) is 82.0 cm³/mol. The fourth-order valence-corrected chi connectivity index (χ4v) is 2.83. The van der Waals surface area contributed by atoms with Crippen LogP contribution in [-0.2, 0) is 19.4 Å². The van der Waals surface area contributed by atoms with Crippen molar-refractivity contribution in [1.82, 2.24) is 15.3 Å². The lowest BCUT2D eigenvalue weighted by Gasteiger charge is -2.27. The molecule has 0 unspecified atom stereocenters. The molecule has 0 aliphatic carbocycles. The molecule has 0 fully saturated rings. The van der Waals surface area contributed by atoms with E-state index in [1.54, 1.807) is 6.33 Å². The van der Waals surface area contributed by atoms with Gasteiger partial charge in [0.1, 0.15) is 0 Å². The number of aryl methyl sites for hydroxylation is 1. The van der Waals surface area contributed by atoms with Gasteiger partial charge in [0.2, 0.25) is 0 Å². The van der Waals surface area contributed by atoms with E-state index in [0.29, 0.717) is 0 Å². The van der Waals surface area contributed by atoms with Gasteiger partial charge in [-0.25, -0.2) is 4.98 Å². The van der Waals surface area contributed by atoms with Crippen molar-refractivity contribution in [3.05, 3.63) is 47.5 Å². The molecule has 0 atom stereocenters. The van der Waals surface area contributed by atoms with Gasteiger partial charge >= 0.3 is 0 Å². The van der Waals surface area contributed by atoms with Crippen LogP contribution in [0.2, 0.25) is 0 Å². The first kappa shape index (κ1) is 13.2. The van der Waals surface area contributed by atoms with Crippen LogP contribution in [0, 0.1) is 0 Å². The third-order valence-electron chi connectivity index (χ3n) is 3.95. The first-order chi connectivity index (χ1) is 9.83. The van der Waals surface area contributed by atoms with Crippen LogP contribution in [0.15, 0.2) is 30.7 Å². The molecule has 20 heavy (non-hydrogen) atoms. The van der Waals surface area contributed by atoms with Gasteiger partial charge in [-0.15, -0.1) is 0 Å². The average Bonchev–Trinajstić information content (AvgIpc) is 2.97. The summed E-state index contributed by atoms with van der Waals surface area (Å²) < 4.78 is 0. The highest BCUT2D eigenvalue weighted by molar-refractivity contribution is 5.56. The minimum absolute atomic E-state index is 0.936. The average molecular weight is 270 g/mol. The molecular formula is C16H22N4. The van der Waals surface area contributed by atoms with Crippen LogP contribution in [0.4, 0.5) is 5.69 Å². The zero-order valence-electron chi connectivity index (χ0n) is 12.0. The lowest BCUT2D eigenvalue weighted by atomic mass is 9.99. The molecular weight excluding hydrogens is 248 g/mol. The van der Waals surface area contributed by atoms with Crippen molar-refractivity contribution in [2.75, 3.05) is 25.0 Å². The van der Waals surface area contributed by atoms with Crippen LogP contribution >= 0.6 is 0 Å². The number of imidazole rings is 1. The molecule has 4 heteroatoms. The number of hydrogen-bond donors (Lipinski definition) is 2. The van der Waals surface area contributed by atoms with Gasteiger partial charge in [0.25, 0.3) is 0 Å². The summed E-state index contributed by atoms with van der Waals surface area (Å²) in [6.45, 7) is 3.08. The summed E-state index contributed by atoms with van der Waals surface area (Å²) in [4.78, 5) is 9.51. The topological polar surface area (TPSA) is 44.0 Å². The number of aromatic nitrogens is 2. The zero-order valence-corrected chi connectivity index (χ0v) is 12.0. The summed E-state index contributed by atoms with van der Waals surface area (Å²) in [7, 11) is 2.18. The fourth-order valence-electron chi connectivity index (χ4n) is 2.83. The summed E-state index contributed by atoms with van der Waals surface area (Å²) >= 11 is 0. The van der Waals surface area contributed by atoms with Crippen molar-refractivity contribution in [2.24, 2.45) is 0 Å². The van der Waals surface area contributed by atoms with Crippen molar-refractivity contribution in [3.8, 4) is 0 Å². The molecule has 0 bridgehead atoms. The number of fused-ring (bicyclic) bond motifs is 1. The first-order valence-corrected chi connectivity index (χ1v) is 7.34. The van der Waals surface area contributed by atoms with Gasteiger partial charge < -0.3 is 15.2 Å². The van der Waals surface area contributed by atoms with E-state index in [9.17, 15) is 0 Å². The second-order valence-corrected chi connectivity index (χ2v) is 5.49. The third kappa shape index (κ3) is 3.02. The molecule has 0 saturated heterocycles. The van der Waals surface area contributed by atoms with Crippen LogP contribution in [0.5, 0.6) is 0 Å². The monoisotopic (exact) mass is 270 g/mol. The number of aromatic amines is 1. The molecule has 1 aromatic heterocycles. The quantitative estimate of drug-likeness (QED) is 0.818. The van der Waals surface area contributed by atoms with E-state index in [2.05, 4.69) is 45.4 Å². The lowest BCUT2D eigenvalue weighted by molar-refractivity contribution is 0.678. The number of nitrogens with zero attached hydrogens (tertiary/aromatic N) is 2.